The van der Waals surface area contributed by atoms with Crippen LogP contribution < -0.4 is 10.2 Å². The van der Waals surface area contributed by atoms with Crippen LogP contribution >= 0.6 is 11.8 Å². The van der Waals surface area contributed by atoms with Crippen LogP contribution in [0.4, 0.5) is 11.4 Å². The standard InChI is InChI=1S/C27H24N4O3S/c1-19-9-11-21(12-10-19)29-25(33)18-24-26(34)31(22-13-15-23(32)16-14-22)27(35-24)30-28-17-5-8-20-6-3-2-4-7-20/h2-17,24,32H,18H2,1H3,(H,29,33). The van der Waals surface area contributed by atoms with E-state index in [2.05, 4.69) is 15.5 Å². The smallest absolute Gasteiger partial charge is 0.247 e. The number of benzene rings is 3. The third-order valence-electron chi connectivity index (χ3n) is 5.13. The average molecular weight is 485 g/mol. The van der Waals surface area contributed by atoms with Crippen molar-refractivity contribution in [3.8, 4) is 5.75 Å². The number of anilines is 2. The molecule has 176 valence electrons. The fraction of sp³-hybridized carbons (Fsp3) is 0.111. The molecule has 0 radical (unpaired) electrons. The number of nitrogens with one attached hydrogen (secondary N) is 1. The molecule has 3 aromatic carbocycles. The Labute approximate surface area is 207 Å². The first-order valence-electron chi connectivity index (χ1n) is 11.0. The van der Waals surface area contributed by atoms with Crippen molar-refractivity contribution >= 4 is 52.4 Å². The number of amides is 2. The molecule has 4 rings (SSSR count). The van der Waals surface area contributed by atoms with Crippen molar-refractivity contribution in [2.24, 2.45) is 10.2 Å². The summed E-state index contributed by atoms with van der Waals surface area (Å²) in [6.07, 6.45) is 5.19. The lowest BCUT2D eigenvalue weighted by atomic mass is 10.2. The number of nitrogens with zero attached hydrogens (tertiary/aromatic N) is 3. The van der Waals surface area contributed by atoms with Crippen LogP contribution in [0, 0.1) is 6.92 Å². The molecule has 0 saturated carbocycles. The maximum absolute atomic E-state index is 13.2. The number of carbonyl (C=O) groups excluding carboxylic acids is 2. The zero-order valence-corrected chi connectivity index (χ0v) is 19.9. The van der Waals surface area contributed by atoms with Crippen LogP contribution in [0.5, 0.6) is 5.75 Å². The molecule has 0 aromatic heterocycles. The van der Waals surface area contributed by atoms with Gasteiger partial charge in [-0.3, -0.25) is 14.5 Å². The highest BCUT2D eigenvalue weighted by Gasteiger charge is 2.40. The van der Waals surface area contributed by atoms with Gasteiger partial charge in [0.25, 0.3) is 0 Å². The number of phenols is 1. The Bertz CT molecular complexity index is 1270. The summed E-state index contributed by atoms with van der Waals surface area (Å²) in [6.45, 7) is 1.97. The summed E-state index contributed by atoms with van der Waals surface area (Å²) in [5.41, 5.74) is 3.34. The van der Waals surface area contributed by atoms with Gasteiger partial charge in [-0.05, 0) is 55.0 Å². The Hall–Kier alpha value is -4.17. The third-order valence-corrected chi connectivity index (χ3v) is 6.26. The molecule has 0 spiro atoms. The molecular formula is C27H24N4O3S. The maximum atomic E-state index is 13.2. The number of hydrogen-bond acceptors (Lipinski definition) is 6. The monoisotopic (exact) mass is 484 g/mol. The van der Waals surface area contributed by atoms with E-state index in [0.717, 1.165) is 11.1 Å². The quantitative estimate of drug-likeness (QED) is 0.355. The minimum Gasteiger partial charge on any atom is -0.508 e. The molecule has 2 N–H and O–H groups in total. The second-order valence-corrected chi connectivity index (χ2v) is 9.00. The number of phenolic OH excluding ortho intramolecular Hbond substituents is 1. The molecule has 0 aliphatic carbocycles. The van der Waals surface area contributed by atoms with E-state index in [1.807, 2.05) is 67.6 Å². The second-order valence-electron chi connectivity index (χ2n) is 7.83. The fourth-order valence-corrected chi connectivity index (χ4v) is 4.45. The van der Waals surface area contributed by atoms with Gasteiger partial charge in [0.1, 0.15) is 11.0 Å². The van der Waals surface area contributed by atoms with Gasteiger partial charge in [0.15, 0.2) is 5.17 Å². The van der Waals surface area contributed by atoms with Gasteiger partial charge in [0, 0.05) is 18.3 Å². The Morgan fingerprint density at radius 1 is 1.06 bits per heavy atom. The first-order chi connectivity index (χ1) is 17.0. The van der Waals surface area contributed by atoms with Crippen molar-refractivity contribution < 1.29 is 14.7 Å². The summed E-state index contributed by atoms with van der Waals surface area (Å²) >= 11 is 1.19. The number of aryl methyl sites for hydroxylation is 1. The molecule has 7 nitrogen and oxygen atoms in total. The topological polar surface area (TPSA) is 94.4 Å². The summed E-state index contributed by atoms with van der Waals surface area (Å²) < 4.78 is 0. The lowest BCUT2D eigenvalue weighted by molar-refractivity contribution is -0.121. The number of thioether (sulfide) groups is 1. The third kappa shape index (κ3) is 6.45. The van der Waals surface area contributed by atoms with Crippen LogP contribution in [-0.4, -0.2) is 33.6 Å². The van der Waals surface area contributed by atoms with Crippen LogP contribution in [0.1, 0.15) is 17.5 Å². The predicted octanol–water partition coefficient (Wildman–Crippen LogP) is 5.23. The van der Waals surface area contributed by atoms with Crippen molar-refractivity contribution in [3.05, 3.63) is 96.1 Å². The number of amidine groups is 1. The van der Waals surface area contributed by atoms with Crippen LogP contribution in [-0.2, 0) is 9.59 Å². The summed E-state index contributed by atoms with van der Waals surface area (Å²) in [4.78, 5) is 27.3. The van der Waals surface area contributed by atoms with Gasteiger partial charge < -0.3 is 10.4 Å². The van der Waals surface area contributed by atoms with Crippen molar-refractivity contribution in [2.75, 3.05) is 10.2 Å². The molecule has 0 bridgehead atoms. The van der Waals surface area contributed by atoms with Crippen LogP contribution in [0.15, 0.2) is 95.1 Å². The van der Waals surface area contributed by atoms with E-state index in [4.69, 9.17) is 0 Å². The van der Waals surface area contributed by atoms with Crippen molar-refractivity contribution in [2.45, 2.75) is 18.6 Å². The normalized spacial score (nSPS) is 17.1. The van der Waals surface area contributed by atoms with Gasteiger partial charge in [0.2, 0.25) is 11.8 Å². The van der Waals surface area contributed by atoms with Gasteiger partial charge in [-0.1, -0.05) is 65.9 Å². The van der Waals surface area contributed by atoms with E-state index >= 15 is 0 Å². The molecule has 1 fully saturated rings. The highest BCUT2D eigenvalue weighted by Crippen LogP contribution is 2.34. The van der Waals surface area contributed by atoms with Gasteiger partial charge in [0.05, 0.1) is 5.69 Å². The molecule has 1 aliphatic heterocycles. The summed E-state index contributed by atoms with van der Waals surface area (Å²) in [5, 5.41) is 20.5. The van der Waals surface area contributed by atoms with E-state index in [1.54, 1.807) is 18.2 Å². The summed E-state index contributed by atoms with van der Waals surface area (Å²) in [5.74, 6) is -0.445. The molecule has 1 saturated heterocycles. The lowest BCUT2D eigenvalue weighted by Gasteiger charge is -2.15. The van der Waals surface area contributed by atoms with Crippen molar-refractivity contribution in [1.82, 2.24) is 0 Å². The van der Waals surface area contributed by atoms with E-state index < -0.39 is 5.25 Å². The molecule has 1 aliphatic rings. The largest absolute Gasteiger partial charge is 0.508 e. The number of aromatic hydroxyl groups is 1. The zero-order valence-electron chi connectivity index (χ0n) is 19.0. The summed E-state index contributed by atoms with van der Waals surface area (Å²) in [7, 11) is 0. The molecule has 1 unspecified atom stereocenters. The number of rotatable bonds is 7. The first kappa shape index (κ1) is 24.0. The molecule has 1 heterocycles. The average Bonchev–Trinajstić information content (AvgIpc) is 3.16. The predicted molar refractivity (Wildman–Crippen MR) is 143 cm³/mol. The molecule has 2 amide bonds. The Morgan fingerprint density at radius 3 is 2.49 bits per heavy atom. The van der Waals surface area contributed by atoms with Gasteiger partial charge in [-0.15, -0.1) is 5.10 Å². The van der Waals surface area contributed by atoms with Gasteiger partial charge >= 0.3 is 0 Å². The van der Waals surface area contributed by atoms with Gasteiger partial charge in [-0.25, -0.2) is 0 Å². The van der Waals surface area contributed by atoms with Gasteiger partial charge in [-0.2, -0.15) is 5.10 Å². The maximum Gasteiger partial charge on any atom is 0.247 e. The van der Waals surface area contributed by atoms with Crippen molar-refractivity contribution in [3.63, 3.8) is 0 Å². The molecule has 8 heteroatoms. The Kier molecular flexibility index (Phi) is 7.74. The number of hydrogen-bond donors (Lipinski definition) is 2. The zero-order chi connectivity index (χ0) is 24.6. The highest BCUT2D eigenvalue weighted by molar-refractivity contribution is 8.16. The molecule has 35 heavy (non-hydrogen) atoms. The van der Waals surface area contributed by atoms with Crippen LogP contribution in [0.2, 0.25) is 0 Å². The molecule has 3 aromatic rings. The minimum absolute atomic E-state index is 0.0113. The van der Waals surface area contributed by atoms with E-state index in [0.29, 0.717) is 16.5 Å². The molecular weight excluding hydrogens is 460 g/mol. The second kappa shape index (κ2) is 11.3. The van der Waals surface area contributed by atoms with Crippen LogP contribution in [0.3, 0.4) is 0 Å². The Morgan fingerprint density at radius 2 is 1.77 bits per heavy atom. The lowest BCUT2D eigenvalue weighted by Crippen LogP contribution is -2.33. The SMILES string of the molecule is Cc1ccc(NC(=O)CC2SC(=NN=CC=Cc3ccccc3)N(c3ccc(O)cc3)C2=O)cc1. The highest BCUT2D eigenvalue weighted by atomic mass is 32.2. The first-order valence-corrected chi connectivity index (χ1v) is 11.9. The fourth-order valence-electron chi connectivity index (χ4n) is 3.36. The minimum atomic E-state index is -0.650. The van der Waals surface area contributed by atoms with Crippen LogP contribution in [0.25, 0.3) is 6.08 Å². The van der Waals surface area contributed by atoms with E-state index in [9.17, 15) is 14.7 Å². The number of carbonyl (C=O) groups is 2. The van der Waals surface area contributed by atoms with Crippen molar-refractivity contribution in [1.29, 1.82) is 0 Å². The van der Waals surface area contributed by atoms with E-state index in [-0.39, 0.29) is 24.0 Å². The summed E-state index contributed by atoms with van der Waals surface area (Å²) in [6, 6.07) is 23.5. The number of allylic oxidation sites excluding steroid dienone is 1. The molecule has 1 atom stereocenters. The van der Waals surface area contributed by atoms with E-state index in [1.165, 1.54) is 35.0 Å². The Balaban J connectivity index is 1.49.